The quantitative estimate of drug-likeness (QED) is 0.303. The van der Waals surface area contributed by atoms with Gasteiger partial charge in [0.1, 0.15) is 6.54 Å². The van der Waals surface area contributed by atoms with Crippen LogP contribution in [0.3, 0.4) is 0 Å². The average molecular weight is 538 g/mol. The van der Waals surface area contributed by atoms with Crippen molar-refractivity contribution >= 4 is 41.5 Å². The Kier molecular flexibility index (Phi) is 10.3. The number of hydrogen-bond acceptors (Lipinski definition) is 3. The smallest absolute Gasteiger partial charge is 0.246 e. The molecule has 2 N–H and O–H groups in total. The molecule has 1 fully saturated rings. The molecule has 0 radical (unpaired) electrons. The number of aromatic nitrogens is 2. The lowest BCUT2D eigenvalue weighted by Crippen LogP contribution is -2.40. The third-order valence-corrected chi connectivity index (χ3v) is 5.98. The van der Waals surface area contributed by atoms with E-state index in [1.165, 1.54) is 19.3 Å². The first-order valence-corrected chi connectivity index (χ1v) is 10.9. The van der Waals surface area contributed by atoms with Gasteiger partial charge >= 0.3 is 0 Å². The normalized spacial score (nSPS) is 16.3. The van der Waals surface area contributed by atoms with Gasteiger partial charge in [0.15, 0.2) is 5.96 Å². The van der Waals surface area contributed by atoms with Gasteiger partial charge in [-0.25, -0.2) is 0 Å². The summed E-state index contributed by atoms with van der Waals surface area (Å²) in [5.74, 6) is 2.42. The van der Waals surface area contributed by atoms with Crippen LogP contribution in [-0.2, 0) is 17.9 Å². The first kappa shape index (κ1) is 25.2. The van der Waals surface area contributed by atoms with Gasteiger partial charge in [0.25, 0.3) is 0 Å². The molecule has 1 aliphatic rings. The third kappa shape index (κ3) is 7.22. The molecule has 2 heterocycles. The molecular formula is C23H35IN6O. The van der Waals surface area contributed by atoms with Gasteiger partial charge in [0.05, 0.1) is 0 Å². The van der Waals surface area contributed by atoms with Crippen molar-refractivity contribution in [3.8, 4) is 0 Å². The maximum Gasteiger partial charge on any atom is 0.246 e. The zero-order valence-electron chi connectivity index (χ0n) is 18.8. The van der Waals surface area contributed by atoms with Gasteiger partial charge in [0.2, 0.25) is 5.91 Å². The van der Waals surface area contributed by atoms with E-state index in [2.05, 4.69) is 45.5 Å². The number of guanidine groups is 1. The Morgan fingerprint density at radius 2 is 2.10 bits per heavy atom. The minimum Gasteiger partial charge on any atom is -0.352 e. The minimum absolute atomic E-state index is 0. The zero-order valence-corrected chi connectivity index (χ0v) is 21.1. The minimum atomic E-state index is -0.0934. The van der Waals surface area contributed by atoms with E-state index in [4.69, 9.17) is 0 Å². The van der Waals surface area contributed by atoms with Gasteiger partial charge in [-0.1, -0.05) is 38.8 Å². The van der Waals surface area contributed by atoms with Gasteiger partial charge in [-0.15, -0.1) is 24.0 Å². The fraction of sp³-hybridized carbons (Fsp3) is 0.522. The van der Waals surface area contributed by atoms with E-state index in [1.807, 2.05) is 25.2 Å². The van der Waals surface area contributed by atoms with Crippen molar-refractivity contribution in [1.29, 1.82) is 0 Å². The second kappa shape index (κ2) is 12.7. The molecule has 1 aromatic carbocycles. The SMILES string of the molecule is CCC(CC)C1CCN(C(=NC)NCc2cccc(NC(=O)Cn3cccn3)c2)C1.I. The number of halogens is 1. The van der Waals surface area contributed by atoms with Gasteiger partial charge in [-0.05, 0) is 42.0 Å². The summed E-state index contributed by atoms with van der Waals surface area (Å²) in [7, 11) is 1.85. The number of aliphatic imine (C=N–C) groups is 1. The molecule has 1 saturated heterocycles. The fourth-order valence-electron chi connectivity index (χ4n) is 4.33. The number of amides is 1. The van der Waals surface area contributed by atoms with Crippen LogP contribution in [0.2, 0.25) is 0 Å². The first-order chi connectivity index (χ1) is 14.6. The van der Waals surface area contributed by atoms with E-state index >= 15 is 0 Å². The van der Waals surface area contributed by atoms with E-state index in [0.717, 1.165) is 42.1 Å². The highest BCUT2D eigenvalue weighted by molar-refractivity contribution is 14.0. The predicted molar refractivity (Wildman–Crippen MR) is 137 cm³/mol. The van der Waals surface area contributed by atoms with Gasteiger partial charge in [0, 0.05) is 44.8 Å². The first-order valence-electron chi connectivity index (χ1n) is 10.9. The molecule has 0 saturated carbocycles. The van der Waals surface area contributed by atoms with Crippen LogP contribution < -0.4 is 10.6 Å². The Hall–Kier alpha value is -2.10. The monoisotopic (exact) mass is 538 g/mol. The van der Waals surface area contributed by atoms with E-state index in [9.17, 15) is 4.79 Å². The Bertz CT molecular complexity index is 834. The average Bonchev–Trinajstić information content (AvgIpc) is 3.42. The topological polar surface area (TPSA) is 74.5 Å². The Balaban J connectivity index is 0.00000341. The molecule has 1 aliphatic heterocycles. The Morgan fingerprint density at radius 1 is 1.29 bits per heavy atom. The maximum absolute atomic E-state index is 12.2. The van der Waals surface area contributed by atoms with Crippen LogP contribution in [0, 0.1) is 11.8 Å². The predicted octanol–water partition coefficient (Wildman–Crippen LogP) is 3.97. The van der Waals surface area contributed by atoms with Crippen LogP contribution >= 0.6 is 24.0 Å². The highest BCUT2D eigenvalue weighted by Gasteiger charge is 2.29. The van der Waals surface area contributed by atoms with Crippen molar-refractivity contribution in [2.24, 2.45) is 16.8 Å². The van der Waals surface area contributed by atoms with Crippen LogP contribution in [0.4, 0.5) is 5.69 Å². The van der Waals surface area contributed by atoms with Crippen LogP contribution in [0.25, 0.3) is 0 Å². The molecule has 0 bridgehead atoms. The van der Waals surface area contributed by atoms with Crippen LogP contribution in [0.1, 0.15) is 38.7 Å². The summed E-state index contributed by atoms with van der Waals surface area (Å²) in [5.41, 5.74) is 1.89. The molecule has 1 aromatic heterocycles. The number of likely N-dealkylation sites (tertiary alicyclic amines) is 1. The lowest BCUT2D eigenvalue weighted by molar-refractivity contribution is -0.116. The molecule has 8 heteroatoms. The number of nitrogens with one attached hydrogen (secondary N) is 2. The van der Waals surface area contributed by atoms with Crippen molar-refractivity contribution in [1.82, 2.24) is 20.0 Å². The molecule has 3 rings (SSSR count). The molecule has 0 aliphatic carbocycles. The van der Waals surface area contributed by atoms with Crippen molar-refractivity contribution in [3.63, 3.8) is 0 Å². The lowest BCUT2D eigenvalue weighted by Gasteiger charge is -2.24. The number of carbonyl (C=O) groups excluding carboxylic acids is 1. The van der Waals surface area contributed by atoms with E-state index in [1.54, 1.807) is 23.1 Å². The van der Waals surface area contributed by atoms with E-state index in [0.29, 0.717) is 6.54 Å². The number of carbonyl (C=O) groups is 1. The molecule has 1 amide bonds. The summed E-state index contributed by atoms with van der Waals surface area (Å²) in [6.45, 7) is 7.60. The standard InChI is InChI=1S/C23H34N6O.HI/c1-4-19(5-2)20-10-13-28(16-20)23(24-3)25-15-18-8-6-9-21(14-18)27-22(30)17-29-12-7-11-26-29;/h6-9,11-12,14,19-20H,4-5,10,13,15-17H2,1-3H3,(H,24,25)(H,27,30);1H. The maximum atomic E-state index is 12.2. The lowest BCUT2D eigenvalue weighted by atomic mass is 9.87. The number of hydrogen-bond donors (Lipinski definition) is 2. The highest BCUT2D eigenvalue weighted by atomic mass is 127. The van der Waals surface area contributed by atoms with Gasteiger partial charge in [-0.3, -0.25) is 14.5 Å². The van der Waals surface area contributed by atoms with Crippen LogP contribution in [0.5, 0.6) is 0 Å². The number of nitrogens with zero attached hydrogens (tertiary/aromatic N) is 4. The van der Waals surface area contributed by atoms with Crippen molar-refractivity contribution in [2.45, 2.75) is 46.2 Å². The third-order valence-electron chi connectivity index (χ3n) is 5.98. The molecule has 2 aromatic rings. The molecule has 0 spiro atoms. The molecule has 1 atom stereocenters. The van der Waals surface area contributed by atoms with Crippen LogP contribution in [0.15, 0.2) is 47.7 Å². The van der Waals surface area contributed by atoms with Crippen molar-refractivity contribution in [2.75, 3.05) is 25.5 Å². The highest BCUT2D eigenvalue weighted by Crippen LogP contribution is 2.28. The summed E-state index contributed by atoms with van der Waals surface area (Å²) in [6, 6.07) is 9.72. The summed E-state index contributed by atoms with van der Waals surface area (Å²) >= 11 is 0. The fourth-order valence-corrected chi connectivity index (χ4v) is 4.33. The Labute approximate surface area is 202 Å². The summed E-state index contributed by atoms with van der Waals surface area (Å²) < 4.78 is 1.61. The largest absolute Gasteiger partial charge is 0.352 e. The molecule has 7 nitrogen and oxygen atoms in total. The molecule has 31 heavy (non-hydrogen) atoms. The van der Waals surface area contributed by atoms with E-state index < -0.39 is 0 Å². The Morgan fingerprint density at radius 3 is 2.77 bits per heavy atom. The van der Waals surface area contributed by atoms with Crippen molar-refractivity contribution in [3.05, 3.63) is 48.3 Å². The second-order valence-electron chi connectivity index (χ2n) is 7.92. The van der Waals surface area contributed by atoms with Gasteiger partial charge in [-0.2, -0.15) is 5.10 Å². The number of rotatable bonds is 8. The van der Waals surface area contributed by atoms with Gasteiger partial charge < -0.3 is 15.5 Å². The molecule has 170 valence electrons. The summed E-state index contributed by atoms with van der Waals surface area (Å²) in [6.07, 6.45) is 7.18. The number of benzene rings is 1. The zero-order chi connectivity index (χ0) is 21.3. The summed E-state index contributed by atoms with van der Waals surface area (Å²) in [5, 5.41) is 10.5. The second-order valence-corrected chi connectivity index (χ2v) is 7.92. The molecular weight excluding hydrogens is 503 g/mol. The number of anilines is 1. The molecule has 1 unspecified atom stereocenters. The van der Waals surface area contributed by atoms with E-state index in [-0.39, 0.29) is 36.4 Å². The van der Waals surface area contributed by atoms with Crippen LogP contribution in [-0.4, -0.2) is 46.7 Å². The van der Waals surface area contributed by atoms with Crippen molar-refractivity contribution < 1.29 is 4.79 Å². The summed E-state index contributed by atoms with van der Waals surface area (Å²) in [4.78, 5) is 19.1.